The van der Waals surface area contributed by atoms with Crippen molar-refractivity contribution in [3.63, 3.8) is 0 Å². The Morgan fingerprint density at radius 1 is 1.17 bits per heavy atom. The molecule has 2 aromatic rings. The Morgan fingerprint density at radius 3 is 2.50 bits per heavy atom. The molecule has 0 radical (unpaired) electrons. The van der Waals surface area contributed by atoms with Crippen molar-refractivity contribution in [2.45, 2.75) is 32.9 Å². The van der Waals surface area contributed by atoms with Gasteiger partial charge in [0, 0.05) is 24.0 Å². The first-order chi connectivity index (χ1) is 8.63. The van der Waals surface area contributed by atoms with Crippen molar-refractivity contribution in [3.8, 4) is 0 Å². The third kappa shape index (κ3) is 4.05. The zero-order chi connectivity index (χ0) is 13.0. The van der Waals surface area contributed by atoms with Crippen LogP contribution in [0.25, 0.3) is 0 Å². The second-order valence-corrected chi connectivity index (χ2v) is 6.01. The number of hydrogen-bond donors (Lipinski definition) is 1. The van der Waals surface area contributed by atoms with E-state index in [0.717, 1.165) is 28.0 Å². The highest BCUT2D eigenvalue weighted by molar-refractivity contribution is 7.11. The van der Waals surface area contributed by atoms with Gasteiger partial charge in [0.25, 0.3) is 0 Å². The average Bonchev–Trinajstić information content (AvgIpc) is 2.77. The molecule has 0 unspecified atom stereocenters. The molecular weight excluding hydrogens is 266 g/mol. The van der Waals surface area contributed by atoms with E-state index in [-0.39, 0.29) is 0 Å². The van der Waals surface area contributed by atoms with Gasteiger partial charge in [-0.15, -0.1) is 10.2 Å². The highest BCUT2D eigenvalue weighted by Crippen LogP contribution is 2.16. The molecule has 1 aromatic heterocycles. The molecule has 2 rings (SSSR count). The molecule has 0 spiro atoms. The molecule has 1 heterocycles. The molecule has 96 valence electrons. The van der Waals surface area contributed by atoms with Gasteiger partial charge in [0.1, 0.15) is 10.0 Å². The lowest BCUT2D eigenvalue weighted by Crippen LogP contribution is -2.21. The summed E-state index contributed by atoms with van der Waals surface area (Å²) in [4.78, 5) is 0. The van der Waals surface area contributed by atoms with Crippen molar-refractivity contribution >= 4 is 22.9 Å². The molecule has 0 saturated heterocycles. The van der Waals surface area contributed by atoms with Crippen LogP contribution < -0.4 is 5.32 Å². The van der Waals surface area contributed by atoms with Crippen LogP contribution in [-0.2, 0) is 13.0 Å². The van der Waals surface area contributed by atoms with E-state index in [1.54, 1.807) is 11.3 Å². The molecule has 5 heteroatoms. The summed E-state index contributed by atoms with van der Waals surface area (Å²) >= 11 is 7.51. The number of nitrogens with zero attached hydrogens (tertiary/aromatic N) is 2. The predicted octanol–water partition coefficient (Wildman–Crippen LogP) is 3.28. The van der Waals surface area contributed by atoms with E-state index < -0.39 is 0 Å². The van der Waals surface area contributed by atoms with E-state index in [2.05, 4.69) is 29.4 Å². The van der Waals surface area contributed by atoms with Gasteiger partial charge in [-0.3, -0.25) is 0 Å². The molecule has 0 aliphatic rings. The fraction of sp³-hybridized carbons (Fsp3) is 0.385. The summed E-state index contributed by atoms with van der Waals surface area (Å²) in [6.07, 6.45) is 0.816. The minimum atomic E-state index is 0.466. The van der Waals surface area contributed by atoms with E-state index in [1.807, 2.05) is 24.3 Å². The fourth-order valence-corrected chi connectivity index (χ4v) is 2.46. The molecule has 0 bridgehead atoms. The van der Waals surface area contributed by atoms with Gasteiger partial charge in [-0.25, -0.2) is 0 Å². The molecule has 0 fully saturated rings. The van der Waals surface area contributed by atoms with Crippen LogP contribution in [0.5, 0.6) is 0 Å². The van der Waals surface area contributed by atoms with E-state index in [9.17, 15) is 0 Å². The van der Waals surface area contributed by atoms with Gasteiger partial charge in [-0.2, -0.15) is 0 Å². The summed E-state index contributed by atoms with van der Waals surface area (Å²) in [6.45, 7) is 5.03. The fourth-order valence-electron chi connectivity index (χ4n) is 1.50. The normalized spacial score (nSPS) is 11.1. The monoisotopic (exact) mass is 281 g/mol. The van der Waals surface area contributed by atoms with Crippen LogP contribution in [0.2, 0.25) is 5.02 Å². The number of halogens is 1. The van der Waals surface area contributed by atoms with Crippen molar-refractivity contribution in [1.29, 1.82) is 0 Å². The minimum Gasteiger partial charge on any atom is -0.308 e. The Kier molecular flexibility index (Phi) is 4.69. The molecule has 3 nitrogen and oxygen atoms in total. The molecular formula is C13H16ClN3S. The average molecular weight is 282 g/mol. The third-order valence-corrected chi connectivity index (χ3v) is 3.61. The number of hydrogen-bond acceptors (Lipinski definition) is 4. The van der Waals surface area contributed by atoms with Gasteiger partial charge in [0.05, 0.1) is 0 Å². The Morgan fingerprint density at radius 2 is 1.83 bits per heavy atom. The molecule has 1 aromatic carbocycles. The highest BCUT2D eigenvalue weighted by Gasteiger charge is 2.05. The van der Waals surface area contributed by atoms with Crippen molar-refractivity contribution in [1.82, 2.24) is 15.5 Å². The molecule has 0 aliphatic carbocycles. The molecule has 0 atom stereocenters. The maximum absolute atomic E-state index is 5.86. The Bertz CT molecular complexity index is 493. The summed E-state index contributed by atoms with van der Waals surface area (Å²) in [5, 5.41) is 14.6. The summed E-state index contributed by atoms with van der Waals surface area (Å²) < 4.78 is 0. The molecule has 0 amide bonds. The van der Waals surface area contributed by atoms with Crippen LogP contribution in [0.3, 0.4) is 0 Å². The van der Waals surface area contributed by atoms with Gasteiger partial charge in [0.15, 0.2) is 0 Å². The zero-order valence-electron chi connectivity index (χ0n) is 10.5. The van der Waals surface area contributed by atoms with Crippen LogP contribution in [0.15, 0.2) is 24.3 Å². The standard InChI is InChI=1S/C13H16ClN3S/c1-9(2)15-8-13-17-16-12(18-13)7-10-3-5-11(14)6-4-10/h3-6,9,15H,7-8H2,1-2H3. The molecule has 18 heavy (non-hydrogen) atoms. The number of rotatable bonds is 5. The summed E-state index contributed by atoms with van der Waals surface area (Å²) in [5.74, 6) is 0. The largest absolute Gasteiger partial charge is 0.308 e. The first-order valence-electron chi connectivity index (χ1n) is 5.92. The van der Waals surface area contributed by atoms with E-state index >= 15 is 0 Å². The van der Waals surface area contributed by atoms with E-state index in [4.69, 9.17) is 11.6 Å². The van der Waals surface area contributed by atoms with Gasteiger partial charge in [0.2, 0.25) is 0 Å². The molecule has 0 saturated carbocycles. The first kappa shape index (κ1) is 13.5. The number of benzene rings is 1. The van der Waals surface area contributed by atoms with Crippen molar-refractivity contribution in [2.75, 3.05) is 0 Å². The lowest BCUT2D eigenvalue weighted by molar-refractivity contribution is 0.584. The van der Waals surface area contributed by atoms with Crippen LogP contribution in [0.1, 0.15) is 29.4 Å². The van der Waals surface area contributed by atoms with Crippen LogP contribution in [0, 0.1) is 0 Å². The van der Waals surface area contributed by atoms with Crippen LogP contribution >= 0.6 is 22.9 Å². The Hall–Kier alpha value is -0.970. The van der Waals surface area contributed by atoms with Crippen molar-refractivity contribution < 1.29 is 0 Å². The summed E-state index contributed by atoms with van der Waals surface area (Å²) in [6, 6.07) is 8.32. The lowest BCUT2D eigenvalue weighted by atomic mass is 10.2. The number of aromatic nitrogens is 2. The van der Waals surface area contributed by atoms with Crippen molar-refractivity contribution in [3.05, 3.63) is 44.9 Å². The van der Waals surface area contributed by atoms with Gasteiger partial charge >= 0.3 is 0 Å². The third-order valence-electron chi connectivity index (χ3n) is 2.44. The van der Waals surface area contributed by atoms with Crippen LogP contribution in [-0.4, -0.2) is 16.2 Å². The first-order valence-corrected chi connectivity index (χ1v) is 7.12. The van der Waals surface area contributed by atoms with Crippen molar-refractivity contribution in [2.24, 2.45) is 0 Å². The smallest absolute Gasteiger partial charge is 0.131 e. The van der Waals surface area contributed by atoms with E-state index in [1.165, 1.54) is 5.56 Å². The molecule has 0 aliphatic heterocycles. The second-order valence-electron chi connectivity index (χ2n) is 4.43. The van der Waals surface area contributed by atoms with Gasteiger partial charge < -0.3 is 5.32 Å². The number of nitrogens with one attached hydrogen (secondary N) is 1. The molecule has 1 N–H and O–H groups in total. The predicted molar refractivity (Wildman–Crippen MR) is 76.1 cm³/mol. The zero-order valence-corrected chi connectivity index (χ0v) is 12.1. The quantitative estimate of drug-likeness (QED) is 0.914. The highest BCUT2D eigenvalue weighted by atomic mass is 35.5. The minimum absolute atomic E-state index is 0.466. The van der Waals surface area contributed by atoms with Gasteiger partial charge in [-0.1, -0.05) is 48.9 Å². The Labute approximate surface area is 116 Å². The van der Waals surface area contributed by atoms with Crippen LogP contribution in [0.4, 0.5) is 0 Å². The maximum atomic E-state index is 5.86. The summed E-state index contributed by atoms with van der Waals surface area (Å²) in [7, 11) is 0. The summed E-state index contributed by atoms with van der Waals surface area (Å²) in [5.41, 5.74) is 1.21. The maximum Gasteiger partial charge on any atom is 0.131 e. The second kappa shape index (κ2) is 6.27. The SMILES string of the molecule is CC(C)NCc1nnc(Cc2ccc(Cl)cc2)s1. The van der Waals surface area contributed by atoms with E-state index in [0.29, 0.717) is 6.04 Å². The lowest BCUT2D eigenvalue weighted by Gasteiger charge is -2.03. The topological polar surface area (TPSA) is 37.8 Å². The Balaban J connectivity index is 1.95. The van der Waals surface area contributed by atoms with Gasteiger partial charge in [-0.05, 0) is 17.7 Å².